The first kappa shape index (κ1) is 15.6. The van der Waals surface area contributed by atoms with Gasteiger partial charge in [0.2, 0.25) is 11.8 Å². The van der Waals surface area contributed by atoms with Crippen LogP contribution in [0.5, 0.6) is 0 Å². The summed E-state index contributed by atoms with van der Waals surface area (Å²) in [6.07, 6.45) is 0.988. The molecular formula is C15H19N3O2S. The van der Waals surface area contributed by atoms with Crippen LogP contribution < -0.4 is 5.32 Å². The zero-order valence-corrected chi connectivity index (χ0v) is 13.0. The van der Waals surface area contributed by atoms with E-state index in [1.54, 1.807) is 14.1 Å². The Morgan fingerprint density at radius 2 is 2.10 bits per heavy atom. The molecule has 0 aliphatic carbocycles. The zero-order valence-electron chi connectivity index (χ0n) is 12.2. The van der Waals surface area contributed by atoms with Crippen LogP contribution in [-0.4, -0.2) is 47.8 Å². The van der Waals surface area contributed by atoms with E-state index in [4.69, 9.17) is 0 Å². The standard InChI is InChI=1S/C15H19N3O2S/c1-16-15-18(2)14(20)12(21-15)10-13(19)17-9-8-11-6-4-3-5-7-11/h3-7,12H,8-10H2,1-2H3,(H,17,19)/t12-/m0/s1. The van der Waals surface area contributed by atoms with Gasteiger partial charge in [0, 0.05) is 27.1 Å². The number of aliphatic imine (C=N–C) groups is 1. The molecule has 1 aliphatic heterocycles. The molecule has 1 aromatic carbocycles. The van der Waals surface area contributed by atoms with Crippen LogP contribution in [0.15, 0.2) is 35.3 Å². The number of carbonyl (C=O) groups excluding carboxylic acids is 2. The molecule has 1 heterocycles. The number of thioether (sulfide) groups is 1. The summed E-state index contributed by atoms with van der Waals surface area (Å²) >= 11 is 1.35. The fourth-order valence-corrected chi connectivity index (χ4v) is 3.23. The Morgan fingerprint density at radius 3 is 2.71 bits per heavy atom. The average molecular weight is 305 g/mol. The first-order chi connectivity index (χ1) is 10.1. The monoisotopic (exact) mass is 305 g/mol. The Kier molecular flexibility index (Phi) is 5.38. The number of amidine groups is 1. The van der Waals surface area contributed by atoms with Gasteiger partial charge in [-0.3, -0.25) is 19.5 Å². The quantitative estimate of drug-likeness (QED) is 0.892. The highest BCUT2D eigenvalue weighted by Crippen LogP contribution is 2.27. The number of rotatable bonds is 5. The average Bonchev–Trinajstić information content (AvgIpc) is 2.76. The fraction of sp³-hybridized carbons (Fsp3) is 0.400. The molecule has 1 fully saturated rings. The van der Waals surface area contributed by atoms with Crippen LogP contribution in [0, 0.1) is 0 Å². The molecule has 2 rings (SSSR count). The Bertz CT molecular complexity index is 545. The number of benzene rings is 1. The second kappa shape index (κ2) is 7.26. The summed E-state index contributed by atoms with van der Waals surface area (Å²) in [4.78, 5) is 29.4. The smallest absolute Gasteiger partial charge is 0.242 e. The number of nitrogens with one attached hydrogen (secondary N) is 1. The molecule has 1 aromatic rings. The lowest BCUT2D eigenvalue weighted by Crippen LogP contribution is -2.33. The SMILES string of the molecule is CN=C1S[C@@H](CC(=O)NCCc2ccccc2)C(=O)N1C. The topological polar surface area (TPSA) is 61.8 Å². The molecular weight excluding hydrogens is 286 g/mol. The number of nitrogens with zero attached hydrogens (tertiary/aromatic N) is 2. The van der Waals surface area contributed by atoms with Gasteiger partial charge < -0.3 is 5.32 Å². The van der Waals surface area contributed by atoms with E-state index < -0.39 is 0 Å². The highest BCUT2D eigenvalue weighted by atomic mass is 32.2. The lowest BCUT2D eigenvalue weighted by atomic mass is 10.1. The van der Waals surface area contributed by atoms with Crippen LogP contribution in [-0.2, 0) is 16.0 Å². The van der Waals surface area contributed by atoms with Crippen LogP contribution in [0.4, 0.5) is 0 Å². The maximum absolute atomic E-state index is 11.9. The summed E-state index contributed by atoms with van der Waals surface area (Å²) in [6.45, 7) is 0.582. The van der Waals surface area contributed by atoms with E-state index in [1.807, 2.05) is 30.3 Å². The van der Waals surface area contributed by atoms with Gasteiger partial charge in [0.05, 0.1) is 0 Å². The van der Waals surface area contributed by atoms with Gasteiger partial charge in [0.25, 0.3) is 0 Å². The van der Waals surface area contributed by atoms with E-state index in [0.717, 1.165) is 6.42 Å². The highest BCUT2D eigenvalue weighted by molar-refractivity contribution is 8.15. The summed E-state index contributed by atoms with van der Waals surface area (Å²) in [6, 6.07) is 9.98. The zero-order chi connectivity index (χ0) is 15.2. The molecule has 0 aromatic heterocycles. The van der Waals surface area contributed by atoms with Crippen LogP contribution in [0.2, 0.25) is 0 Å². The third-order valence-electron chi connectivity index (χ3n) is 3.28. The van der Waals surface area contributed by atoms with Crippen LogP contribution in [0.3, 0.4) is 0 Å². The Balaban J connectivity index is 1.76. The van der Waals surface area contributed by atoms with Gasteiger partial charge in [0.1, 0.15) is 5.25 Å². The Labute approximate surface area is 128 Å². The van der Waals surface area contributed by atoms with E-state index >= 15 is 0 Å². The molecule has 6 heteroatoms. The lowest BCUT2D eigenvalue weighted by Gasteiger charge is -2.09. The molecule has 0 spiro atoms. The summed E-state index contributed by atoms with van der Waals surface area (Å²) < 4.78 is 0. The minimum Gasteiger partial charge on any atom is -0.356 e. The van der Waals surface area contributed by atoms with Gasteiger partial charge in [-0.05, 0) is 12.0 Å². The van der Waals surface area contributed by atoms with Gasteiger partial charge in [-0.15, -0.1) is 0 Å². The Morgan fingerprint density at radius 1 is 1.38 bits per heavy atom. The van der Waals surface area contributed by atoms with Gasteiger partial charge in [0.15, 0.2) is 5.17 Å². The minimum atomic E-state index is -0.356. The van der Waals surface area contributed by atoms with Crippen molar-refractivity contribution in [2.45, 2.75) is 18.1 Å². The van der Waals surface area contributed by atoms with Crippen molar-refractivity contribution in [1.82, 2.24) is 10.2 Å². The molecule has 1 aliphatic rings. The normalized spacial score (nSPS) is 20.1. The first-order valence-corrected chi connectivity index (χ1v) is 7.71. The molecule has 0 bridgehead atoms. The van der Waals surface area contributed by atoms with Gasteiger partial charge in [-0.1, -0.05) is 42.1 Å². The Hall–Kier alpha value is -1.82. The number of carbonyl (C=O) groups is 2. The minimum absolute atomic E-state index is 0.0567. The van der Waals surface area contributed by atoms with E-state index in [-0.39, 0.29) is 23.5 Å². The van der Waals surface area contributed by atoms with Crippen LogP contribution in [0.1, 0.15) is 12.0 Å². The molecule has 1 N–H and O–H groups in total. The van der Waals surface area contributed by atoms with Crippen molar-refractivity contribution in [3.63, 3.8) is 0 Å². The second-order valence-corrected chi connectivity index (χ2v) is 5.97. The van der Waals surface area contributed by atoms with E-state index in [2.05, 4.69) is 10.3 Å². The fourth-order valence-electron chi connectivity index (χ4n) is 2.13. The number of hydrogen-bond acceptors (Lipinski definition) is 4. The summed E-state index contributed by atoms with van der Waals surface area (Å²) in [5.74, 6) is -0.152. The molecule has 0 saturated carbocycles. The summed E-state index contributed by atoms with van der Waals surface area (Å²) in [7, 11) is 3.33. The van der Waals surface area contributed by atoms with Crippen molar-refractivity contribution in [2.24, 2.45) is 4.99 Å². The molecule has 1 saturated heterocycles. The van der Waals surface area contributed by atoms with Crippen molar-refractivity contribution in [1.29, 1.82) is 0 Å². The van der Waals surface area contributed by atoms with E-state index in [1.165, 1.54) is 22.2 Å². The number of hydrogen-bond donors (Lipinski definition) is 1. The lowest BCUT2D eigenvalue weighted by molar-refractivity contribution is -0.128. The predicted molar refractivity (Wildman–Crippen MR) is 85.3 cm³/mol. The molecule has 2 amide bonds. The van der Waals surface area contributed by atoms with E-state index in [0.29, 0.717) is 11.7 Å². The highest BCUT2D eigenvalue weighted by Gasteiger charge is 2.36. The van der Waals surface area contributed by atoms with Crippen LogP contribution >= 0.6 is 11.8 Å². The number of amides is 2. The van der Waals surface area contributed by atoms with Gasteiger partial charge in [-0.25, -0.2) is 0 Å². The molecule has 1 atom stereocenters. The maximum atomic E-state index is 11.9. The predicted octanol–water partition coefficient (Wildman–Crippen LogP) is 1.29. The largest absolute Gasteiger partial charge is 0.356 e. The van der Waals surface area contributed by atoms with Crippen molar-refractivity contribution < 1.29 is 9.59 Å². The third kappa shape index (κ3) is 4.07. The third-order valence-corrected chi connectivity index (χ3v) is 4.60. The van der Waals surface area contributed by atoms with Crippen molar-refractivity contribution in [3.8, 4) is 0 Å². The van der Waals surface area contributed by atoms with E-state index in [9.17, 15) is 9.59 Å². The van der Waals surface area contributed by atoms with Gasteiger partial charge in [-0.2, -0.15) is 0 Å². The summed E-state index contributed by atoms with van der Waals surface area (Å²) in [5.41, 5.74) is 1.18. The van der Waals surface area contributed by atoms with Gasteiger partial charge >= 0.3 is 0 Å². The molecule has 112 valence electrons. The van der Waals surface area contributed by atoms with Crippen LogP contribution in [0.25, 0.3) is 0 Å². The molecule has 0 unspecified atom stereocenters. The molecule has 0 radical (unpaired) electrons. The molecule has 21 heavy (non-hydrogen) atoms. The first-order valence-electron chi connectivity index (χ1n) is 6.83. The van der Waals surface area contributed by atoms with Crippen molar-refractivity contribution in [2.75, 3.05) is 20.6 Å². The van der Waals surface area contributed by atoms with Crippen molar-refractivity contribution >= 4 is 28.7 Å². The van der Waals surface area contributed by atoms with Crippen molar-refractivity contribution in [3.05, 3.63) is 35.9 Å². The maximum Gasteiger partial charge on any atom is 0.242 e. The second-order valence-electron chi connectivity index (χ2n) is 4.80. The molecule has 5 nitrogen and oxygen atoms in total. The summed E-state index contributed by atoms with van der Waals surface area (Å²) in [5, 5.41) is 3.18.